The van der Waals surface area contributed by atoms with E-state index in [2.05, 4.69) is 51.4 Å². The molecule has 0 aliphatic carbocycles. The lowest BCUT2D eigenvalue weighted by molar-refractivity contribution is -0.115. The van der Waals surface area contributed by atoms with Crippen molar-refractivity contribution in [2.75, 3.05) is 45.7 Å². The predicted octanol–water partition coefficient (Wildman–Crippen LogP) is 3.53. The second kappa shape index (κ2) is 10.7. The number of esters is 1. The molecule has 0 bridgehead atoms. The number of thiazole rings is 1. The number of nitrogens with one attached hydrogen (secondary N) is 1. The lowest BCUT2D eigenvalue weighted by atomic mass is 10.1. The zero-order valence-electron chi connectivity index (χ0n) is 18.9. The summed E-state index contributed by atoms with van der Waals surface area (Å²) in [7, 11) is 3.50. The monoisotopic (exact) mass is 464 g/mol. The van der Waals surface area contributed by atoms with Crippen molar-refractivity contribution in [2.45, 2.75) is 13.0 Å². The van der Waals surface area contributed by atoms with E-state index in [1.165, 1.54) is 24.0 Å². The fourth-order valence-corrected chi connectivity index (χ4v) is 4.57. The summed E-state index contributed by atoms with van der Waals surface area (Å²) in [5, 5.41) is 5.63. The standard InChI is InChI=1S/C25H28N4O3S/c1-28-10-12-29(13-11-28)16-18-6-8-19(9-7-18)24-27-22(17-33-24)15-23(30)26-21-5-3-4-20(14-21)25(31)32-2/h3-9,14,17H,10-13,15-16H2,1-2H3,(H,26,30). The highest BCUT2D eigenvalue weighted by atomic mass is 32.1. The average molecular weight is 465 g/mol. The highest BCUT2D eigenvalue weighted by molar-refractivity contribution is 7.13. The maximum absolute atomic E-state index is 12.5. The van der Waals surface area contributed by atoms with Crippen LogP contribution in [0, 0.1) is 0 Å². The number of benzene rings is 2. The van der Waals surface area contributed by atoms with Crippen LogP contribution in [0.3, 0.4) is 0 Å². The average Bonchev–Trinajstić information content (AvgIpc) is 3.29. The smallest absolute Gasteiger partial charge is 0.337 e. The Kier molecular flexibility index (Phi) is 7.49. The van der Waals surface area contributed by atoms with E-state index in [0.29, 0.717) is 11.3 Å². The van der Waals surface area contributed by atoms with Crippen molar-refractivity contribution in [3.8, 4) is 10.6 Å². The van der Waals surface area contributed by atoms with Crippen LogP contribution < -0.4 is 5.32 Å². The molecule has 0 spiro atoms. The van der Waals surface area contributed by atoms with E-state index in [9.17, 15) is 9.59 Å². The van der Waals surface area contributed by atoms with Gasteiger partial charge in [-0.15, -0.1) is 11.3 Å². The number of rotatable bonds is 7. The molecule has 1 amide bonds. The van der Waals surface area contributed by atoms with Crippen molar-refractivity contribution in [3.63, 3.8) is 0 Å². The zero-order chi connectivity index (χ0) is 23.2. The fraction of sp³-hybridized carbons (Fsp3) is 0.320. The van der Waals surface area contributed by atoms with Gasteiger partial charge in [0.2, 0.25) is 5.91 Å². The molecule has 0 atom stereocenters. The number of piperazine rings is 1. The number of hydrogen-bond acceptors (Lipinski definition) is 7. The Bertz CT molecular complexity index is 1100. The third-order valence-electron chi connectivity index (χ3n) is 5.66. The Morgan fingerprint density at radius 1 is 1.09 bits per heavy atom. The summed E-state index contributed by atoms with van der Waals surface area (Å²) >= 11 is 1.53. The number of nitrogens with zero attached hydrogens (tertiary/aromatic N) is 3. The minimum absolute atomic E-state index is 0.167. The number of carbonyl (C=O) groups is 2. The van der Waals surface area contributed by atoms with Gasteiger partial charge in [-0.25, -0.2) is 9.78 Å². The Balaban J connectivity index is 1.33. The van der Waals surface area contributed by atoms with Gasteiger partial charge in [-0.2, -0.15) is 0 Å². The van der Waals surface area contributed by atoms with Gasteiger partial charge < -0.3 is 15.0 Å². The Morgan fingerprint density at radius 2 is 1.85 bits per heavy atom. The van der Waals surface area contributed by atoms with Crippen molar-refractivity contribution in [1.29, 1.82) is 0 Å². The Morgan fingerprint density at radius 3 is 2.58 bits per heavy atom. The molecule has 0 saturated carbocycles. The van der Waals surface area contributed by atoms with Crippen molar-refractivity contribution in [3.05, 3.63) is 70.7 Å². The van der Waals surface area contributed by atoms with Gasteiger partial charge in [0.1, 0.15) is 5.01 Å². The van der Waals surface area contributed by atoms with E-state index >= 15 is 0 Å². The number of aromatic nitrogens is 1. The first-order chi connectivity index (χ1) is 16.0. The summed E-state index contributed by atoms with van der Waals surface area (Å²) in [6.07, 6.45) is 0.167. The number of likely N-dealkylation sites (N-methyl/N-ethyl adjacent to an activating group) is 1. The summed E-state index contributed by atoms with van der Waals surface area (Å²) in [6.45, 7) is 5.40. The zero-order valence-corrected chi connectivity index (χ0v) is 19.7. The second-order valence-electron chi connectivity index (χ2n) is 8.22. The summed E-state index contributed by atoms with van der Waals surface area (Å²) in [5.74, 6) is -0.624. The normalized spacial score (nSPS) is 14.7. The Hall–Kier alpha value is -3.07. The maximum atomic E-state index is 12.5. The number of amides is 1. The van der Waals surface area contributed by atoms with Crippen LogP contribution in [0.25, 0.3) is 10.6 Å². The largest absolute Gasteiger partial charge is 0.465 e. The minimum atomic E-state index is -0.440. The molecule has 1 aliphatic heterocycles. The second-order valence-corrected chi connectivity index (χ2v) is 9.08. The molecule has 2 heterocycles. The van der Waals surface area contributed by atoms with Crippen molar-refractivity contribution in [2.24, 2.45) is 0 Å². The summed E-state index contributed by atoms with van der Waals surface area (Å²) in [5.41, 5.74) is 4.02. The number of ether oxygens (including phenoxy) is 1. The summed E-state index contributed by atoms with van der Waals surface area (Å²) < 4.78 is 4.72. The highest BCUT2D eigenvalue weighted by Gasteiger charge is 2.14. The lowest BCUT2D eigenvalue weighted by Gasteiger charge is -2.32. The van der Waals surface area contributed by atoms with Crippen LogP contribution in [0.2, 0.25) is 0 Å². The summed E-state index contributed by atoms with van der Waals surface area (Å²) in [4.78, 5) is 33.6. The van der Waals surface area contributed by atoms with Crippen LogP contribution in [0.4, 0.5) is 5.69 Å². The third kappa shape index (κ3) is 6.25. The minimum Gasteiger partial charge on any atom is -0.465 e. The molecule has 1 N–H and O–H groups in total. The highest BCUT2D eigenvalue weighted by Crippen LogP contribution is 2.25. The third-order valence-corrected chi connectivity index (χ3v) is 6.60. The molecular weight excluding hydrogens is 436 g/mol. The molecule has 33 heavy (non-hydrogen) atoms. The van der Waals surface area contributed by atoms with Crippen LogP contribution in [-0.2, 0) is 22.5 Å². The molecule has 4 rings (SSSR count). The fourth-order valence-electron chi connectivity index (χ4n) is 3.75. The van der Waals surface area contributed by atoms with Crippen LogP contribution >= 0.6 is 11.3 Å². The van der Waals surface area contributed by atoms with Gasteiger partial charge in [0, 0.05) is 49.4 Å². The number of methoxy groups -OCH3 is 1. The van der Waals surface area contributed by atoms with Crippen LogP contribution in [0.1, 0.15) is 21.6 Å². The van der Waals surface area contributed by atoms with E-state index in [4.69, 9.17) is 4.74 Å². The molecule has 172 valence electrons. The van der Waals surface area contributed by atoms with Gasteiger partial charge in [0.05, 0.1) is 24.8 Å². The van der Waals surface area contributed by atoms with E-state index in [1.54, 1.807) is 24.3 Å². The number of anilines is 1. The summed E-state index contributed by atoms with van der Waals surface area (Å²) in [6, 6.07) is 15.2. The predicted molar refractivity (Wildman–Crippen MR) is 130 cm³/mol. The van der Waals surface area contributed by atoms with Gasteiger partial charge in [-0.1, -0.05) is 30.3 Å². The topological polar surface area (TPSA) is 74.8 Å². The van der Waals surface area contributed by atoms with Crippen molar-refractivity contribution >= 4 is 28.9 Å². The maximum Gasteiger partial charge on any atom is 0.337 e. The first kappa shape index (κ1) is 23.1. The SMILES string of the molecule is COC(=O)c1cccc(NC(=O)Cc2csc(-c3ccc(CN4CCN(C)CC4)cc3)n2)c1. The quantitative estimate of drug-likeness (QED) is 0.540. The van der Waals surface area contributed by atoms with Crippen molar-refractivity contribution < 1.29 is 14.3 Å². The first-order valence-electron chi connectivity index (χ1n) is 10.9. The van der Waals surface area contributed by atoms with Crippen LogP contribution in [-0.4, -0.2) is 67.0 Å². The lowest BCUT2D eigenvalue weighted by Crippen LogP contribution is -2.43. The van der Waals surface area contributed by atoms with Gasteiger partial charge in [0.25, 0.3) is 0 Å². The van der Waals surface area contributed by atoms with Crippen molar-refractivity contribution in [1.82, 2.24) is 14.8 Å². The van der Waals surface area contributed by atoms with Crippen LogP contribution in [0.15, 0.2) is 53.9 Å². The molecule has 7 nitrogen and oxygen atoms in total. The van der Waals surface area contributed by atoms with Gasteiger partial charge >= 0.3 is 5.97 Å². The molecular formula is C25H28N4O3S. The molecule has 1 aromatic heterocycles. The molecule has 1 fully saturated rings. The molecule has 3 aromatic rings. The van der Waals surface area contributed by atoms with Crippen LogP contribution in [0.5, 0.6) is 0 Å². The number of carbonyl (C=O) groups excluding carboxylic acids is 2. The molecule has 0 radical (unpaired) electrons. The van der Waals surface area contributed by atoms with Gasteiger partial charge in [-0.05, 0) is 30.8 Å². The van der Waals surface area contributed by atoms with Gasteiger partial charge in [0.15, 0.2) is 0 Å². The molecule has 8 heteroatoms. The van der Waals surface area contributed by atoms with Gasteiger partial charge in [-0.3, -0.25) is 9.69 Å². The Labute approximate surface area is 198 Å². The molecule has 2 aromatic carbocycles. The van der Waals surface area contributed by atoms with E-state index in [-0.39, 0.29) is 12.3 Å². The molecule has 1 aliphatic rings. The van der Waals surface area contributed by atoms with E-state index in [1.807, 2.05) is 5.38 Å². The number of hydrogen-bond donors (Lipinski definition) is 1. The first-order valence-corrected chi connectivity index (χ1v) is 11.8. The van der Waals surface area contributed by atoms with E-state index < -0.39 is 5.97 Å². The molecule has 1 saturated heterocycles. The molecule has 0 unspecified atom stereocenters. The van der Waals surface area contributed by atoms with E-state index in [0.717, 1.165) is 49.0 Å².